The Kier molecular flexibility index (Phi) is 3.39. The number of nitrogens with zero attached hydrogens (tertiary/aromatic N) is 3. The van der Waals surface area contributed by atoms with Crippen LogP contribution in [0.2, 0.25) is 0 Å². The molecule has 4 aromatic rings. The predicted octanol–water partition coefficient (Wildman–Crippen LogP) is 3.59. The third-order valence-electron chi connectivity index (χ3n) is 3.81. The van der Waals surface area contributed by atoms with Crippen molar-refractivity contribution in [1.82, 2.24) is 14.5 Å². The van der Waals surface area contributed by atoms with Crippen LogP contribution in [0.4, 0.5) is 4.39 Å². The standard InChI is InChI=1S/C19H12FN3O/c20-15-6-2-4-8-17(15)23-18(13-9-11-21-12-10-13)22-16-7-3-1-5-14(16)19(23)24/h1-12H. The van der Waals surface area contributed by atoms with Gasteiger partial charge in [0.15, 0.2) is 0 Å². The largest absolute Gasteiger partial charge is 0.268 e. The summed E-state index contributed by atoms with van der Waals surface area (Å²) in [6.07, 6.45) is 3.23. The summed E-state index contributed by atoms with van der Waals surface area (Å²) in [6.45, 7) is 0. The molecule has 2 heterocycles. The molecule has 0 unspecified atom stereocenters. The van der Waals surface area contributed by atoms with Crippen LogP contribution in [0.25, 0.3) is 28.0 Å². The van der Waals surface area contributed by atoms with Crippen LogP contribution < -0.4 is 5.56 Å². The second kappa shape index (κ2) is 5.70. The zero-order chi connectivity index (χ0) is 16.5. The van der Waals surface area contributed by atoms with Crippen LogP contribution in [0.15, 0.2) is 77.9 Å². The number of halogens is 1. The zero-order valence-corrected chi connectivity index (χ0v) is 12.6. The van der Waals surface area contributed by atoms with Gasteiger partial charge in [0, 0.05) is 18.0 Å². The molecular formula is C19H12FN3O. The molecule has 0 fully saturated rings. The fourth-order valence-electron chi connectivity index (χ4n) is 2.68. The SMILES string of the molecule is O=c1c2ccccc2nc(-c2ccncc2)n1-c1ccccc1F. The van der Waals surface area contributed by atoms with E-state index >= 15 is 0 Å². The van der Waals surface area contributed by atoms with Gasteiger partial charge in [-0.3, -0.25) is 14.3 Å². The number of aromatic nitrogens is 3. The van der Waals surface area contributed by atoms with Crippen molar-refractivity contribution in [2.45, 2.75) is 0 Å². The van der Waals surface area contributed by atoms with Gasteiger partial charge in [0.25, 0.3) is 5.56 Å². The molecule has 0 bridgehead atoms. The van der Waals surface area contributed by atoms with E-state index < -0.39 is 5.82 Å². The maximum Gasteiger partial charge on any atom is 0.266 e. The normalized spacial score (nSPS) is 10.9. The smallest absolute Gasteiger partial charge is 0.266 e. The Morgan fingerprint density at radius 3 is 2.38 bits per heavy atom. The summed E-state index contributed by atoms with van der Waals surface area (Å²) in [5.41, 5.74) is 1.13. The fourth-order valence-corrected chi connectivity index (χ4v) is 2.68. The van der Waals surface area contributed by atoms with Crippen LogP contribution in [0, 0.1) is 5.82 Å². The van der Waals surface area contributed by atoms with Gasteiger partial charge in [-0.05, 0) is 36.4 Å². The lowest BCUT2D eigenvalue weighted by atomic mass is 10.2. The van der Waals surface area contributed by atoms with Gasteiger partial charge in [-0.1, -0.05) is 24.3 Å². The lowest BCUT2D eigenvalue weighted by Crippen LogP contribution is -2.22. The van der Waals surface area contributed by atoms with E-state index in [0.717, 1.165) is 0 Å². The van der Waals surface area contributed by atoms with E-state index in [-0.39, 0.29) is 11.2 Å². The van der Waals surface area contributed by atoms with Crippen LogP contribution in [0.5, 0.6) is 0 Å². The molecule has 2 aromatic carbocycles. The molecule has 4 nitrogen and oxygen atoms in total. The first-order valence-corrected chi connectivity index (χ1v) is 7.43. The topological polar surface area (TPSA) is 47.8 Å². The van der Waals surface area contributed by atoms with Crippen molar-refractivity contribution < 1.29 is 4.39 Å². The summed E-state index contributed by atoms with van der Waals surface area (Å²) in [5, 5.41) is 0.443. The Labute approximate surface area is 136 Å². The van der Waals surface area contributed by atoms with Crippen molar-refractivity contribution in [3.8, 4) is 17.1 Å². The number of hydrogen-bond acceptors (Lipinski definition) is 3. The van der Waals surface area contributed by atoms with E-state index in [1.807, 2.05) is 6.07 Å². The first-order chi connectivity index (χ1) is 11.8. The van der Waals surface area contributed by atoms with Crippen LogP contribution in [0.1, 0.15) is 0 Å². The predicted molar refractivity (Wildman–Crippen MR) is 90.5 cm³/mol. The highest BCUT2D eigenvalue weighted by Crippen LogP contribution is 2.22. The number of para-hydroxylation sites is 2. The molecule has 5 heteroatoms. The molecule has 4 rings (SSSR count). The third kappa shape index (κ3) is 2.27. The summed E-state index contributed by atoms with van der Waals surface area (Å²) < 4.78 is 15.7. The Balaban J connectivity index is 2.16. The van der Waals surface area contributed by atoms with E-state index in [4.69, 9.17) is 0 Å². The molecule has 116 valence electrons. The first kappa shape index (κ1) is 14.3. The number of hydrogen-bond donors (Lipinski definition) is 0. The van der Waals surface area contributed by atoms with Crippen molar-refractivity contribution in [2.75, 3.05) is 0 Å². The number of benzene rings is 2. The molecule has 24 heavy (non-hydrogen) atoms. The van der Waals surface area contributed by atoms with Gasteiger partial charge in [0.1, 0.15) is 11.6 Å². The van der Waals surface area contributed by atoms with Crippen LogP contribution in [-0.4, -0.2) is 14.5 Å². The van der Waals surface area contributed by atoms with Crippen molar-refractivity contribution in [1.29, 1.82) is 0 Å². The average Bonchev–Trinajstić information content (AvgIpc) is 2.63. The quantitative estimate of drug-likeness (QED) is 0.568. The van der Waals surface area contributed by atoms with E-state index in [2.05, 4.69) is 9.97 Å². The molecular weight excluding hydrogens is 305 g/mol. The molecule has 0 saturated heterocycles. The highest BCUT2D eigenvalue weighted by atomic mass is 19.1. The summed E-state index contributed by atoms with van der Waals surface area (Å²) in [5.74, 6) is -0.0989. The van der Waals surface area contributed by atoms with Gasteiger partial charge in [-0.25, -0.2) is 9.37 Å². The maximum atomic E-state index is 14.4. The lowest BCUT2D eigenvalue weighted by Gasteiger charge is -2.14. The molecule has 2 aromatic heterocycles. The summed E-state index contributed by atoms with van der Waals surface area (Å²) in [4.78, 5) is 21.6. The zero-order valence-electron chi connectivity index (χ0n) is 12.6. The second-order valence-electron chi connectivity index (χ2n) is 5.28. The fraction of sp³-hybridized carbons (Fsp3) is 0. The van der Waals surface area contributed by atoms with E-state index in [0.29, 0.717) is 22.3 Å². The molecule has 0 saturated carbocycles. The van der Waals surface area contributed by atoms with Gasteiger partial charge in [0.2, 0.25) is 0 Å². The Morgan fingerprint density at radius 1 is 0.875 bits per heavy atom. The average molecular weight is 317 g/mol. The molecule has 0 aliphatic carbocycles. The molecule has 0 radical (unpaired) electrons. The number of rotatable bonds is 2. The van der Waals surface area contributed by atoms with Crippen molar-refractivity contribution in [3.05, 3.63) is 89.2 Å². The highest BCUT2D eigenvalue weighted by molar-refractivity contribution is 5.80. The minimum absolute atomic E-state index is 0.174. The maximum absolute atomic E-state index is 14.4. The van der Waals surface area contributed by atoms with E-state index in [9.17, 15) is 9.18 Å². The van der Waals surface area contributed by atoms with E-state index in [1.54, 1.807) is 60.9 Å². The van der Waals surface area contributed by atoms with Crippen molar-refractivity contribution >= 4 is 10.9 Å². The third-order valence-corrected chi connectivity index (χ3v) is 3.81. The Bertz CT molecular complexity index is 1090. The van der Waals surface area contributed by atoms with Crippen molar-refractivity contribution in [3.63, 3.8) is 0 Å². The molecule has 0 aliphatic heterocycles. The Morgan fingerprint density at radius 2 is 1.58 bits per heavy atom. The van der Waals surface area contributed by atoms with E-state index in [1.165, 1.54) is 10.6 Å². The van der Waals surface area contributed by atoms with Gasteiger partial charge < -0.3 is 0 Å². The molecule has 0 N–H and O–H groups in total. The molecule has 0 spiro atoms. The summed E-state index contributed by atoms with van der Waals surface area (Å²) >= 11 is 0. The number of fused-ring (bicyclic) bond motifs is 1. The first-order valence-electron chi connectivity index (χ1n) is 7.43. The molecule has 0 amide bonds. The lowest BCUT2D eigenvalue weighted by molar-refractivity contribution is 0.616. The van der Waals surface area contributed by atoms with Crippen LogP contribution >= 0.6 is 0 Å². The minimum Gasteiger partial charge on any atom is -0.268 e. The second-order valence-corrected chi connectivity index (χ2v) is 5.28. The van der Waals surface area contributed by atoms with Gasteiger partial charge in [-0.2, -0.15) is 0 Å². The molecule has 0 atom stereocenters. The van der Waals surface area contributed by atoms with Crippen molar-refractivity contribution in [2.24, 2.45) is 0 Å². The molecule has 0 aliphatic rings. The Hall–Kier alpha value is -3.34. The summed E-state index contributed by atoms with van der Waals surface area (Å²) in [6, 6.07) is 16.7. The van der Waals surface area contributed by atoms with Gasteiger partial charge in [0.05, 0.1) is 16.6 Å². The highest BCUT2D eigenvalue weighted by Gasteiger charge is 2.16. The van der Waals surface area contributed by atoms with Gasteiger partial charge in [-0.15, -0.1) is 0 Å². The minimum atomic E-state index is -0.480. The summed E-state index contributed by atoms with van der Waals surface area (Å²) in [7, 11) is 0. The van der Waals surface area contributed by atoms with Gasteiger partial charge >= 0.3 is 0 Å². The monoisotopic (exact) mass is 317 g/mol. The number of pyridine rings is 1. The van der Waals surface area contributed by atoms with Crippen LogP contribution in [-0.2, 0) is 0 Å². The van der Waals surface area contributed by atoms with Crippen LogP contribution in [0.3, 0.4) is 0 Å².